The van der Waals surface area contributed by atoms with Crippen LogP contribution in [0.2, 0.25) is 0 Å². The van der Waals surface area contributed by atoms with Crippen LogP contribution in [0.3, 0.4) is 0 Å². The fourth-order valence-electron chi connectivity index (χ4n) is 3.23. The third kappa shape index (κ3) is 2.73. The van der Waals surface area contributed by atoms with Crippen molar-refractivity contribution in [3.05, 3.63) is 100 Å². The number of nitrogens with zero attached hydrogens (tertiary/aromatic N) is 1. The molecule has 0 atom stereocenters. The number of aryl methyl sites for hydroxylation is 2. The first-order valence-electron chi connectivity index (χ1n) is 7.91. The zero-order valence-corrected chi connectivity index (χ0v) is 13.0. The fourth-order valence-corrected chi connectivity index (χ4v) is 3.23. The van der Waals surface area contributed by atoms with Crippen molar-refractivity contribution in [1.82, 2.24) is 4.98 Å². The lowest BCUT2D eigenvalue weighted by atomic mass is 9.93. The highest BCUT2D eigenvalue weighted by Crippen LogP contribution is 2.34. The molecule has 1 aliphatic carbocycles. The van der Waals surface area contributed by atoms with Crippen LogP contribution in [0.4, 0.5) is 8.78 Å². The second-order valence-electron chi connectivity index (χ2n) is 5.91. The SMILES string of the molecule is Fc1cccc(/C=C2/c3ccc(F)cc3CCc3ncccc32)c1. The summed E-state index contributed by atoms with van der Waals surface area (Å²) in [5.74, 6) is -0.513. The molecule has 118 valence electrons. The molecule has 24 heavy (non-hydrogen) atoms. The topological polar surface area (TPSA) is 12.9 Å². The minimum Gasteiger partial charge on any atom is -0.261 e. The maximum Gasteiger partial charge on any atom is 0.123 e. The van der Waals surface area contributed by atoms with Crippen molar-refractivity contribution in [2.24, 2.45) is 0 Å². The summed E-state index contributed by atoms with van der Waals surface area (Å²) in [6, 6.07) is 15.2. The van der Waals surface area contributed by atoms with E-state index in [4.69, 9.17) is 0 Å². The van der Waals surface area contributed by atoms with Crippen LogP contribution in [0.1, 0.15) is 27.9 Å². The minimum absolute atomic E-state index is 0.238. The van der Waals surface area contributed by atoms with Gasteiger partial charge in [0.05, 0.1) is 0 Å². The average molecular weight is 319 g/mol. The molecular formula is C21H15F2N. The molecule has 0 spiro atoms. The molecule has 0 aliphatic heterocycles. The smallest absolute Gasteiger partial charge is 0.123 e. The highest BCUT2D eigenvalue weighted by atomic mass is 19.1. The van der Waals surface area contributed by atoms with E-state index in [9.17, 15) is 8.78 Å². The first-order valence-corrected chi connectivity index (χ1v) is 7.91. The average Bonchev–Trinajstić information content (AvgIpc) is 2.73. The summed E-state index contributed by atoms with van der Waals surface area (Å²) in [7, 11) is 0. The molecule has 1 aliphatic rings. The Hall–Kier alpha value is -2.81. The van der Waals surface area contributed by atoms with Gasteiger partial charge in [0, 0.05) is 17.5 Å². The van der Waals surface area contributed by atoms with Crippen LogP contribution in [-0.2, 0) is 12.8 Å². The number of hydrogen-bond donors (Lipinski definition) is 0. The Balaban J connectivity index is 1.97. The Morgan fingerprint density at radius 1 is 0.833 bits per heavy atom. The predicted molar refractivity (Wildman–Crippen MR) is 91.4 cm³/mol. The van der Waals surface area contributed by atoms with Crippen LogP contribution in [0.5, 0.6) is 0 Å². The first kappa shape index (κ1) is 14.8. The van der Waals surface area contributed by atoms with Gasteiger partial charge in [0.2, 0.25) is 0 Å². The lowest BCUT2D eigenvalue weighted by molar-refractivity contribution is 0.625. The van der Waals surface area contributed by atoms with Crippen molar-refractivity contribution in [2.75, 3.05) is 0 Å². The summed E-state index contributed by atoms with van der Waals surface area (Å²) in [6.45, 7) is 0. The third-order valence-corrected chi connectivity index (χ3v) is 4.33. The molecule has 0 unspecified atom stereocenters. The Morgan fingerprint density at radius 2 is 1.71 bits per heavy atom. The van der Waals surface area contributed by atoms with Crippen LogP contribution < -0.4 is 0 Å². The van der Waals surface area contributed by atoms with Gasteiger partial charge in [-0.2, -0.15) is 0 Å². The van der Waals surface area contributed by atoms with E-state index in [2.05, 4.69) is 4.98 Å². The summed E-state index contributed by atoms with van der Waals surface area (Å²) in [5.41, 5.74) is 5.67. The second kappa shape index (κ2) is 6.00. The number of hydrogen-bond acceptors (Lipinski definition) is 1. The molecule has 0 bridgehead atoms. The largest absolute Gasteiger partial charge is 0.261 e. The van der Waals surface area contributed by atoms with Crippen molar-refractivity contribution in [3.8, 4) is 0 Å². The van der Waals surface area contributed by atoms with Gasteiger partial charge in [-0.3, -0.25) is 4.98 Å². The highest BCUT2D eigenvalue weighted by Gasteiger charge is 2.19. The minimum atomic E-state index is -0.274. The molecule has 0 fully saturated rings. The summed E-state index contributed by atoms with van der Waals surface area (Å²) in [6.07, 6.45) is 5.21. The number of aromatic nitrogens is 1. The Morgan fingerprint density at radius 3 is 2.58 bits per heavy atom. The molecule has 1 nitrogen and oxygen atoms in total. The van der Waals surface area contributed by atoms with E-state index in [1.165, 1.54) is 18.2 Å². The molecule has 2 aromatic carbocycles. The van der Waals surface area contributed by atoms with Crippen molar-refractivity contribution >= 4 is 11.6 Å². The number of pyridine rings is 1. The summed E-state index contributed by atoms with van der Waals surface area (Å²) in [5, 5.41) is 0. The Labute approximate surface area is 139 Å². The molecule has 0 N–H and O–H groups in total. The second-order valence-corrected chi connectivity index (χ2v) is 5.91. The van der Waals surface area contributed by atoms with E-state index in [-0.39, 0.29) is 11.6 Å². The van der Waals surface area contributed by atoms with Gasteiger partial charge in [0.15, 0.2) is 0 Å². The molecule has 0 saturated heterocycles. The lowest BCUT2D eigenvalue weighted by Gasteiger charge is -2.12. The first-order chi connectivity index (χ1) is 11.7. The molecule has 0 amide bonds. The fraction of sp³-hybridized carbons (Fsp3) is 0.0952. The number of halogens is 2. The maximum absolute atomic E-state index is 13.7. The van der Waals surface area contributed by atoms with E-state index in [1.807, 2.05) is 24.3 Å². The van der Waals surface area contributed by atoms with Crippen LogP contribution in [-0.4, -0.2) is 4.98 Å². The third-order valence-electron chi connectivity index (χ3n) is 4.33. The monoisotopic (exact) mass is 319 g/mol. The number of rotatable bonds is 1. The van der Waals surface area contributed by atoms with Crippen molar-refractivity contribution in [3.63, 3.8) is 0 Å². The lowest BCUT2D eigenvalue weighted by Crippen LogP contribution is -1.95. The van der Waals surface area contributed by atoms with Gasteiger partial charge in [-0.15, -0.1) is 0 Å². The molecule has 0 radical (unpaired) electrons. The van der Waals surface area contributed by atoms with Gasteiger partial charge in [-0.1, -0.05) is 24.3 Å². The van der Waals surface area contributed by atoms with Gasteiger partial charge >= 0.3 is 0 Å². The van der Waals surface area contributed by atoms with Gasteiger partial charge < -0.3 is 0 Å². The van der Waals surface area contributed by atoms with Crippen LogP contribution >= 0.6 is 0 Å². The zero-order chi connectivity index (χ0) is 16.5. The standard InChI is InChI=1S/C21H15F2N/c22-16-4-1-3-14(11-16)12-20-18-8-7-17(23)13-15(18)6-9-21-19(20)5-2-10-24-21/h1-5,7-8,10-13H,6,9H2/b20-12-. The number of benzene rings is 2. The molecule has 1 heterocycles. The van der Waals surface area contributed by atoms with E-state index >= 15 is 0 Å². The van der Waals surface area contributed by atoms with E-state index < -0.39 is 0 Å². The summed E-state index contributed by atoms with van der Waals surface area (Å²) < 4.78 is 27.2. The maximum atomic E-state index is 13.7. The molecule has 0 saturated carbocycles. The van der Waals surface area contributed by atoms with Gasteiger partial charge in [-0.25, -0.2) is 8.78 Å². The van der Waals surface area contributed by atoms with Crippen molar-refractivity contribution in [2.45, 2.75) is 12.8 Å². The summed E-state index contributed by atoms with van der Waals surface area (Å²) >= 11 is 0. The highest BCUT2D eigenvalue weighted by molar-refractivity contribution is 5.93. The molecule has 3 aromatic rings. The van der Waals surface area contributed by atoms with Crippen LogP contribution in [0, 0.1) is 11.6 Å². The van der Waals surface area contributed by atoms with E-state index in [0.29, 0.717) is 0 Å². The molecular weight excluding hydrogens is 304 g/mol. The van der Waals surface area contributed by atoms with E-state index in [1.54, 1.807) is 24.4 Å². The van der Waals surface area contributed by atoms with Crippen molar-refractivity contribution in [1.29, 1.82) is 0 Å². The molecule has 1 aromatic heterocycles. The normalized spacial score (nSPS) is 14.8. The van der Waals surface area contributed by atoms with Gasteiger partial charge in [-0.05, 0) is 71.5 Å². The van der Waals surface area contributed by atoms with Gasteiger partial charge in [0.25, 0.3) is 0 Å². The van der Waals surface area contributed by atoms with Gasteiger partial charge in [0.1, 0.15) is 11.6 Å². The number of fused-ring (bicyclic) bond motifs is 2. The van der Waals surface area contributed by atoms with Crippen LogP contribution in [0.25, 0.3) is 11.6 Å². The predicted octanol–water partition coefficient (Wildman–Crippen LogP) is 5.05. The zero-order valence-electron chi connectivity index (χ0n) is 13.0. The Bertz CT molecular complexity index is 944. The quantitative estimate of drug-likeness (QED) is 0.612. The molecule has 4 rings (SSSR count). The van der Waals surface area contributed by atoms with Crippen molar-refractivity contribution < 1.29 is 8.78 Å². The summed E-state index contributed by atoms with van der Waals surface area (Å²) in [4.78, 5) is 4.49. The van der Waals surface area contributed by atoms with E-state index in [0.717, 1.165) is 46.4 Å². The van der Waals surface area contributed by atoms with Crippen LogP contribution in [0.15, 0.2) is 60.8 Å². The molecule has 3 heteroatoms. The Kier molecular flexibility index (Phi) is 3.69.